The molecule has 0 fully saturated rings. The van der Waals surface area contributed by atoms with Crippen LogP contribution in [0.5, 0.6) is 11.6 Å². The number of hydrogen-bond donors (Lipinski definition) is 0. The molecule has 0 bridgehead atoms. The molecule has 1 aliphatic heterocycles. The van der Waals surface area contributed by atoms with Gasteiger partial charge in [-0.3, -0.25) is 4.90 Å². The zero-order valence-corrected chi connectivity index (χ0v) is 15.1. The Labute approximate surface area is 153 Å². The molecule has 0 spiro atoms. The minimum Gasteiger partial charge on any atom is -0.497 e. The first-order chi connectivity index (χ1) is 12.8. The summed E-state index contributed by atoms with van der Waals surface area (Å²) >= 11 is 0. The molecule has 3 aromatic rings. The standard InChI is InChI=1S/C20H22N4O2/c1-25-16-8-6-15(7-9-16)13-23-12-10-17-18(14-23)22-24(20(17)26-2)19-5-3-4-11-21-19/h3-9,11H,10,12-14H2,1-2H3. The van der Waals surface area contributed by atoms with Crippen molar-refractivity contribution in [3.05, 3.63) is 65.5 Å². The molecular weight excluding hydrogens is 328 g/mol. The lowest BCUT2D eigenvalue weighted by Crippen LogP contribution is -2.29. The largest absolute Gasteiger partial charge is 0.497 e. The zero-order valence-electron chi connectivity index (χ0n) is 15.1. The molecule has 3 heterocycles. The van der Waals surface area contributed by atoms with Crippen LogP contribution < -0.4 is 9.47 Å². The molecule has 0 unspecified atom stereocenters. The van der Waals surface area contributed by atoms with Crippen molar-refractivity contribution in [2.45, 2.75) is 19.5 Å². The van der Waals surface area contributed by atoms with E-state index in [0.29, 0.717) is 0 Å². The summed E-state index contributed by atoms with van der Waals surface area (Å²) in [5.74, 6) is 2.46. The van der Waals surface area contributed by atoms with E-state index in [4.69, 9.17) is 14.6 Å². The summed E-state index contributed by atoms with van der Waals surface area (Å²) in [7, 11) is 3.38. The van der Waals surface area contributed by atoms with Gasteiger partial charge in [-0.15, -0.1) is 0 Å². The van der Waals surface area contributed by atoms with Crippen molar-refractivity contribution in [3.63, 3.8) is 0 Å². The molecule has 1 aromatic carbocycles. The van der Waals surface area contributed by atoms with Gasteiger partial charge in [0.05, 0.1) is 19.9 Å². The van der Waals surface area contributed by atoms with Gasteiger partial charge >= 0.3 is 0 Å². The number of ether oxygens (including phenoxy) is 2. The second-order valence-electron chi connectivity index (χ2n) is 6.34. The highest BCUT2D eigenvalue weighted by Gasteiger charge is 2.26. The highest BCUT2D eigenvalue weighted by molar-refractivity contribution is 5.39. The van der Waals surface area contributed by atoms with Crippen LogP contribution in [-0.4, -0.2) is 40.4 Å². The van der Waals surface area contributed by atoms with E-state index in [9.17, 15) is 0 Å². The van der Waals surface area contributed by atoms with E-state index in [1.165, 1.54) is 11.1 Å². The Hall–Kier alpha value is -2.86. The molecule has 0 amide bonds. The molecule has 0 atom stereocenters. The normalized spacial score (nSPS) is 14.1. The first-order valence-corrected chi connectivity index (χ1v) is 8.70. The Morgan fingerprint density at radius 3 is 2.58 bits per heavy atom. The molecule has 0 aliphatic carbocycles. The van der Waals surface area contributed by atoms with E-state index < -0.39 is 0 Å². The third-order valence-corrected chi connectivity index (χ3v) is 4.70. The Kier molecular flexibility index (Phi) is 4.58. The van der Waals surface area contributed by atoms with Gasteiger partial charge in [-0.05, 0) is 36.2 Å². The molecular formula is C20H22N4O2. The SMILES string of the molecule is COc1ccc(CN2CCc3c(nn(-c4ccccn4)c3OC)C2)cc1. The number of benzene rings is 1. The van der Waals surface area contributed by atoms with Crippen LogP contribution in [0.4, 0.5) is 0 Å². The van der Waals surface area contributed by atoms with Crippen LogP contribution in [0.25, 0.3) is 5.82 Å². The lowest BCUT2D eigenvalue weighted by atomic mass is 10.1. The van der Waals surface area contributed by atoms with Crippen molar-refractivity contribution in [1.29, 1.82) is 0 Å². The monoisotopic (exact) mass is 350 g/mol. The predicted octanol–water partition coefficient (Wildman–Crippen LogP) is 2.84. The maximum absolute atomic E-state index is 5.65. The van der Waals surface area contributed by atoms with Crippen LogP contribution in [-0.2, 0) is 19.5 Å². The number of hydrogen-bond acceptors (Lipinski definition) is 5. The molecule has 0 saturated carbocycles. The van der Waals surface area contributed by atoms with Gasteiger partial charge in [0, 0.05) is 31.4 Å². The minimum atomic E-state index is 0.778. The number of rotatable bonds is 5. The first-order valence-electron chi connectivity index (χ1n) is 8.70. The lowest BCUT2D eigenvalue weighted by Gasteiger charge is -2.26. The van der Waals surface area contributed by atoms with E-state index >= 15 is 0 Å². The molecule has 6 nitrogen and oxygen atoms in total. The molecule has 2 aromatic heterocycles. The highest BCUT2D eigenvalue weighted by Crippen LogP contribution is 2.30. The van der Waals surface area contributed by atoms with Crippen molar-refractivity contribution in [2.24, 2.45) is 0 Å². The van der Waals surface area contributed by atoms with E-state index in [0.717, 1.165) is 49.2 Å². The quantitative estimate of drug-likeness (QED) is 0.708. The predicted molar refractivity (Wildman–Crippen MR) is 98.7 cm³/mol. The average molecular weight is 350 g/mol. The Bertz CT molecular complexity index is 875. The van der Waals surface area contributed by atoms with E-state index in [-0.39, 0.29) is 0 Å². The summed E-state index contributed by atoms with van der Waals surface area (Å²) in [5, 5.41) is 4.78. The molecule has 6 heteroatoms. The smallest absolute Gasteiger partial charge is 0.221 e. The Morgan fingerprint density at radius 2 is 1.88 bits per heavy atom. The topological polar surface area (TPSA) is 52.4 Å². The number of aromatic nitrogens is 3. The summed E-state index contributed by atoms with van der Waals surface area (Å²) < 4.78 is 12.7. The molecule has 0 N–H and O–H groups in total. The molecule has 0 radical (unpaired) electrons. The van der Waals surface area contributed by atoms with Gasteiger partial charge in [-0.2, -0.15) is 9.78 Å². The number of methoxy groups -OCH3 is 2. The van der Waals surface area contributed by atoms with Gasteiger partial charge in [0.2, 0.25) is 5.88 Å². The Balaban J connectivity index is 1.56. The van der Waals surface area contributed by atoms with Crippen LogP contribution in [0.15, 0.2) is 48.7 Å². The third kappa shape index (κ3) is 3.15. The van der Waals surface area contributed by atoms with E-state index in [1.807, 2.05) is 35.0 Å². The van der Waals surface area contributed by atoms with E-state index in [2.05, 4.69) is 22.0 Å². The van der Waals surface area contributed by atoms with Crippen LogP contribution in [0.3, 0.4) is 0 Å². The molecule has 134 valence electrons. The van der Waals surface area contributed by atoms with Crippen molar-refractivity contribution in [1.82, 2.24) is 19.7 Å². The molecule has 4 rings (SSSR count). The van der Waals surface area contributed by atoms with Gasteiger partial charge in [0.1, 0.15) is 5.75 Å². The summed E-state index contributed by atoms with van der Waals surface area (Å²) in [4.78, 5) is 6.80. The van der Waals surface area contributed by atoms with Gasteiger partial charge in [0.25, 0.3) is 0 Å². The fourth-order valence-electron chi connectivity index (χ4n) is 3.38. The highest BCUT2D eigenvalue weighted by atomic mass is 16.5. The van der Waals surface area contributed by atoms with Crippen molar-refractivity contribution < 1.29 is 9.47 Å². The van der Waals surface area contributed by atoms with E-state index in [1.54, 1.807) is 20.4 Å². The summed E-state index contributed by atoms with van der Waals surface area (Å²) in [6.45, 7) is 2.67. The van der Waals surface area contributed by atoms with Gasteiger partial charge in [0.15, 0.2) is 5.82 Å². The minimum absolute atomic E-state index is 0.778. The first kappa shape index (κ1) is 16.6. The van der Waals surface area contributed by atoms with Crippen molar-refractivity contribution >= 4 is 0 Å². The van der Waals surface area contributed by atoms with Crippen LogP contribution >= 0.6 is 0 Å². The van der Waals surface area contributed by atoms with Crippen LogP contribution in [0.1, 0.15) is 16.8 Å². The van der Waals surface area contributed by atoms with Gasteiger partial charge < -0.3 is 9.47 Å². The fourth-order valence-corrected chi connectivity index (χ4v) is 3.38. The number of fused-ring (bicyclic) bond motifs is 1. The maximum Gasteiger partial charge on any atom is 0.221 e. The van der Waals surface area contributed by atoms with Crippen molar-refractivity contribution in [2.75, 3.05) is 20.8 Å². The van der Waals surface area contributed by atoms with Crippen LogP contribution in [0.2, 0.25) is 0 Å². The second-order valence-corrected chi connectivity index (χ2v) is 6.34. The van der Waals surface area contributed by atoms with Gasteiger partial charge in [-0.1, -0.05) is 18.2 Å². The lowest BCUT2D eigenvalue weighted by molar-refractivity contribution is 0.241. The summed E-state index contributed by atoms with van der Waals surface area (Å²) in [6, 6.07) is 14.0. The maximum atomic E-state index is 5.65. The van der Waals surface area contributed by atoms with Gasteiger partial charge in [-0.25, -0.2) is 4.98 Å². The second kappa shape index (κ2) is 7.17. The third-order valence-electron chi connectivity index (χ3n) is 4.70. The number of pyridine rings is 1. The fraction of sp³-hybridized carbons (Fsp3) is 0.300. The average Bonchev–Trinajstić information content (AvgIpc) is 3.07. The zero-order chi connectivity index (χ0) is 17.9. The molecule has 1 aliphatic rings. The number of nitrogens with zero attached hydrogens (tertiary/aromatic N) is 4. The summed E-state index contributed by atoms with van der Waals surface area (Å²) in [5.41, 5.74) is 3.52. The van der Waals surface area contributed by atoms with Crippen molar-refractivity contribution in [3.8, 4) is 17.4 Å². The molecule has 26 heavy (non-hydrogen) atoms. The Morgan fingerprint density at radius 1 is 1.04 bits per heavy atom. The van der Waals surface area contributed by atoms with Crippen LogP contribution in [0, 0.1) is 0 Å². The summed E-state index contributed by atoms with van der Waals surface area (Å²) in [6.07, 6.45) is 2.69. The molecule has 0 saturated heterocycles.